The van der Waals surface area contributed by atoms with Crippen LogP contribution in [0.3, 0.4) is 0 Å². The first-order chi connectivity index (χ1) is 12.1. The summed E-state index contributed by atoms with van der Waals surface area (Å²) in [6.07, 6.45) is 2.01. The second-order valence-electron chi connectivity index (χ2n) is 6.21. The van der Waals surface area contributed by atoms with Crippen molar-refractivity contribution in [1.29, 1.82) is 0 Å². The Labute approximate surface area is 162 Å². The minimum Gasteiger partial charge on any atom is -0.310 e. The fraction of sp³-hybridized carbons (Fsp3) is 0.412. The van der Waals surface area contributed by atoms with E-state index in [9.17, 15) is 9.59 Å². The van der Waals surface area contributed by atoms with Crippen molar-refractivity contribution in [2.24, 2.45) is 0 Å². The Morgan fingerprint density at radius 3 is 2.76 bits per heavy atom. The molecule has 0 radical (unpaired) electrons. The number of aromatic amines is 1. The molecule has 4 rings (SSSR count). The van der Waals surface area contributed by atoms with E-state index in [1.54, 1.807) is 0 Å². The van der Waals surface area contributed by atoms with Crippen molar-refractivity contribution < 1.29 is 4.79 Å². The average molecular weight is 440 g/mol. The van der Waals surface area contributed by atoms with E-state index in [1.807, 2.05) is 40.7 Å². The minimum absolute atomic E-state index is 0.0540. The number of fused-ring (bicyclic) bond motifs is 1. The van der Waals surface area contributed by atoms with Crippen LogP contribution in [0, 0.1) is 0 Å². The van der Waals surface area contributed by atoms with Gasteiger partial charge in [0.15, 0.2) is 0 Å². The number of nitrogens with one attached hydrogen (secondary N) is 2. The summed E-state index contributed by atoms with van der Waals surface area (Å²) in [6, 6.07) is 8.19. The molecule has 132 valence electrons. The van der Waals surface area contributed by atoms with Crippen molar-refractivity contribution in [3.8, 4) is 0 Å². The van der Waals surface area contributed by atoms with E-state index < -0.39 is 0 Å². The molecule has 1 fully saturated rings. The third-order valence-electron chi connectivity index (χ3n) is 4.57. The zero-order chi connectivity index (χ0) is 17.4. The van der Waals surface area contributed by atoms with Crippen LogP contribution in [-0.4, -0.2) is 32.9 Å². The fourth-order valence-corrected chi connectivity index (χ4v) is 6.01. The summed E-state index contributed by atoms with van der Waals surface area (Å²) in [7, 11) is 0. The Bertz CT molecular complexity index is 858. The lowest BCUT2D eigenvalue weighted by atomic mass is 10.1. The molecule has 1 atom stereocenters. The Morgan fingerprint density at radius 2 is 2.00 bits per heavy atom. The monoisotopic (exact) mass is 439 g/mol. The summed E-state index contributed by atoms with van der Waals surface area (Å²) >= 11 is 6.94. The number of H-pyrrole nitrogens is 1. The van der Waals surface area contributed by atoms with E-state index in [2.05, 4.69) is 26.3 Å². The number of carbonyl (C=O) groups is 1. The van der Waals surface area contributed by atoms with Gasteiger partial charge in [0.05, 0.1) is 22.6 Å². The van der Waals surface area contributed by atoms with E-state index in [0.717, 1.165) is 34.4 Å². The molecule has 2 aliphatic heterocycles. The highest BCUT2D eigenvalue weighted by Crippen LogP contribution is 2.41. The molecule has 3 heterocycles. The highest BCUT2D eigenvalue weighted by atomic mass is 79.9. The summed E-state index contributed by atoms with van der Waals surface area (Å²) in [6.45, 7) is 0. The van der Waals surface area contributed by atoms with Crippen LogP contribution in [0.15, 0.2) is 33.5 Å². The zero-order valence-electron chi connectivity index (χ0n) is 13.5. The molecule has 0 spiro atoms. The smallest absolute Gasteiger partial charge is 0.270 e. The molecule has 1 aromatic carbocycles. The molecule has 1 saturated heterocycles. The number of anilines is 1. The van der Waals surface area contributed by atoms with E-state index in [0.29, 0.717) is 17.1 Å². The molecule has 5 nitrogen and oxygen atoms in total. The molecule has 2 N–H and O–H groups in total. The van der Waals surface area contributed by atoms with Crippen LogP contribution in [0.4, 0.5) is 5.82 Å². The predicted octanol–water partition coefficient (Wildman–Crippen LogP) is 3.78. The Morgan fingerprint density at radius 1 is 1.20 bits per heavy atom. The molecule has 1 amide bonds. The van der Waals surface area contributed by atoms with Crippen molar-refractivity contribution in [2.75, 3.05) is 22.6 Å². The van der Waals surface area contributed by atoms with Gasteiger partial charge in [-0.05, 0) is 42.0 Å². The third kappa shape index (κ3) is 3.44. The van der Waals surface area contributed by atoms with Gasteiger partial charge in [0.25, 0.3) is 5.56 Å². The standard InChI is InChI=1S/C17H18BrN3O2S2/c18-11-3-1-2-10(8-11)15-14-16(19-13(22)9-25-15)21(20-17(14)23)12-4-6-24-7-5-12/h1-3,8,12,15H,4-7,9H2,(H,19,22)(H,20,23). The maximum Gasteiger partial charge on any atom is 0.270 e. The van der Waals surface area contributed by atoms with Crippen molar-refractivity contribution in [3.63, 3.8) is 0 Å². The number of hydrogen-bond donors (Lipinski definition) is 2. The fourth-order valence-electron chi connectivity index (χ4n) is 3.39. The number of rotatable bonds is 2. The number of amides is 1. The number of hydrogen-bond acceptors (Lipinski definition) is 4. The lowest BCUT2D eigenvalue weighted by Gasteiger charge is -2.24. The summed E-state index contributed by atoms with van der Waals surface area (Å²) in [4.78, 5) is 25.1. The molecule has 8 heteroatoms. The topological polar surface area (TPSA) is 66.9 Å². The number of halogens is 1. The second-order valence-corrected chi connectivity index (χ2v) is 9.44. The van der Waals surface area contributed by atoms with Crippen LogP contribution in [0.2, 0.25) is 0 Å². The van der Waals surface area contributed by atoms with Gasteiger partial charge in [0.2, 0.25) is 5.91 Å². The maximum atomic E-state index is 12.8. The Hall–Kier alpha value is -1.12. The highest BCUT2D eigenvalue weighted by molar-refractivity contribution is 9.10. The van der Waals surface area contributed by atoms with Gasteiger partial charge in [0, 0.05) is 4.47 Å². The molecule has 2 aliphatic rings. The van der Waals surface area contributed by atoms with Crippen molar-refractivity contribution in [1.82, 2.24) is 9.78 Å². The number of aromatic nitrogens is 2. The zero-order valence-corrected chi connectivity index (χ0v) is 16.7. The van der Waals surface area contributed by atoms with E-state index in [4.69, 9.17) is 0 Å². The maximum absolute atomic E-state index is 12.8. The van der Waals surface area contributed by atoms with Crippen LogP contribution in [0.5, 0.6) is 0 Å². The quantitative estimate of drug-likeness (QED) is 0.746. The van der Waals surface area contributed by atoms with Crippen LogP contribution in [0.25, 0.3) is 0 Å². The molecular formula is C17H18BrN3O2S2. The number of thioether (sulfide) groups is 2. The first-order valence-corrected chi connectivity index (χ1v) is 11.2. The Balaban J connectivity index is 1.82. The van der Waals surface area contributed by atoms with Gasteiger partial charge in [-0.15, -0.1) is 11.8 Å². The van der Waals surface area contributed by atoms with Crippen molar-refractivity contribution >= 4 is 51.2 Å². The van der Waals surface area contributed by atoms with Gasteiger partial charge in [-0.1, -0.05) is 28.1 Å². The summed E-state index contributed by atoms with van der Waals surface area (Å²) in [5.41, 5.74) is 1.58. The Kier molecular flexibility index (Phi) is 5.01. The van der Waals surface area contributed by atoms with Crippen LogP contribution < -0.4 is 10.9 Å². The SMILES string of the molecule is O=C1CSC(c2cccc(Br)c2)c2c(n(C3CCSCC3)[nH]c2=O)N1. The summed E-state index contributed by atoms with van der Waals surface area (Å²) in [5, 5.41) is 5.82. The normalized spacial score (nSPS) is 21.5. The molecule has 2 aromatic rings. The minimum atomic E-state index is -0.158. The third-order valence-corrected chi connectivity index (χ3v) is 7.38. The van der Waals surface area contributed by atoms with Gasteiger partial charge in [-0.3, -0.25) is 19.4 Å². The molecule has 25 heavy (non-hydrogen) atoms. The van der Waals surface area contributed by atoms with Gasteiger partial charge in [-0.2, -0.15) is 11.8 Å². The summed E-state index contributed by atoms with van der Waals surface area (Å²) in [5.74, 6) is 3.10. The lowest BCUT2D eigenvalue weighted by molar-refractivity contribution is -0.113. The molecule has 1 unspecified atom stereocenters. The van der Waals surface area contributed by atoms with Gasteiger partial charge in [-0.25, -0.2) is 0 Å². The predicted molar refractivity (Wildman–Crippen MR) is 108 cm³/mol. The van der Waals surface area contributed by atoms with E-state index >= 15 is 0 Å². The average Bonchev–Trinajstić information content (AvgIpc) is 2.82. The first-order valence-electron chi connectivity index (χ1n) is 8.22. The second kappa shape index (κ2) is 7.25. The first kappa shape index (κ1) is 17.3. The van der Waals surface area contributed by atoms with Crippen molar-refractivity contribution in [2.45, 2.75) is 24.1 Å². The largest absolute Gasteiger partial charge is 0.310 e. The molecule has 0 bridgehead atoms. The lowest BCUT2D eigenvalue weighted by Crippen LogP contribution is -2.22. The number of carbonyl (C=O) groups excluding carboxylic acids is 1. The molecular weight excluding hydrogens is 422 g/mol. The number of benzene rings is 1. The van der Waals surface area contributed by atoms with E-state index in [-0.39, 0.29) is 22.8 Å². The van der Waals surface area contributed by atoms with Gasteiger partial charge >= 0.3 is 0 Å². The number of nitrogens with zero attached hydrogens (tertiary/aromatic N) is 1. The van der Waals surface area contributed by atoms with Crippen LogP contribution in [-0.2, 0) is 4.79 Å². The van der Waals surface area contributed by atoms with Gasteiger partial charge in [0.1, 0.15) is 5.82 Å². The van der Waals surface area contributed by atoms with Crippen LogP contribution >= 0.6 is 39.5 Å². The molecule has 0 saturated carbocycles. The highest BCUT2D eigenvalue weighted by Gasteiger charge is 2.32. The van der Waals surface area contributed by atoms with Gasteiger partial charge < -0.3 is 5.32 Å². The van der Waals surface area contributed by atoms with E-state index in [1.165, 1.54) is 11.8 Å². The van der Waals surface area contributed by atoms with Crippen molar-refractivity contribution in [3.05, 3.63) is 50.2 Å². The van der Waals surface area contributed by atoms with Crippen LogP contribution in [0.1, 0.15) is 35.3 Å². The summed E-state index contributed by atoms with van der Waals surface area (Å²) < 4.78 is 2.88. The molecule has 1 aromatic heterocycles. The molecule has 0 aliphatic carbocycles.